The smallest absolute Gasteiger partial charge is 0.199 e. The molecule has 17 nitrogen and oxygen atoms in total. The molecule has 0 spiro atoms. The summed E-state index contributed by atoms with van der Waals surface area (Å²) in [5, 5.41) is 93.1. The molecular weight excluding hydrogens is 616 g/mol. The van der Waals surface area contributed by atoms with Crippen molar-refractivity contribution in [2.75, 3.05) is 0 Å². The average Bonchev–Trinajstić information content (AvgIpc) is 2.90. The Hall–Kier alpha value is -2.36. The first-order valence-electron chi connectivity index (χ1n) is 12.9. The van der Waals surface area contributed by atoms with Crippen LogP contribution in [0.15, 0.2) is 0 Å². The molecule has 0 amide bonds. The topological polar surface area (TPSA) is 300 Å². The molecule has 0 aromatic carbocycles. The molecule has 2 rings (SSSR count). The molecule has 248 valence electrons. The van der Waals surface area contributed by atoms with Crippen LogP contribution < -0.4 is 0 Å². The molecule has 44 heavy (non-hydrogen) atoms. The summed E-state index contributed by atoms with van der Waals surface area (Å²) in [5.41, 5.74) is -27.0. The lowest BCUT2D eigenvalue weighted by molar-refractivity contribution is -0.401. The number of thiol groups is 1. The van der Waals surface area contributed by atoms with Crippen molar-refractivity contribution >= 4 is 53.1 Å². The van der Waals surface area contributed by atoms with E-state index in [1.807, 2.05) is 0 Å². The van der Waals surface area contributed by atoms with Crippen molar-refractivity contribution in [2.45, 2.75) is 118 Å². The fraction of sp³-hybridized carbons (Fsp3) is 0.731. The molecule has 0 saturated carbocycles. The molecule has 0 aliphatic carbocycles. The Labute approximate surface area is 255 Å². The van der Waals surface area contributed by atoms with E-state index < -0.39 is 110 Å². The number of aliphatic hydroxyl groups excluding tert-OH is 2. The van der Waals surface area contributed by atoms with Gasteiger partial charge in [-0.3, -0.25) is 33.6 Å². The number of ether oxygens (including phenoxy) is 2. The summed E-state index contributed by atoms with van der Waals surface area (Å²) in [6.07, 6.45) is -14.7. The Morgan fingerprint density at radius 3 is 1.23 bits per heavy atom. The number of hydrogen-bond acceptors (Lipinski definition) is 18. The molecule has 12 atom stereocenters. The first-order valence-corrected chi connectivity index (χ1v) is 13.4. The highest BCUT2D eigenvalue weighted by atomic mass is 32.1. The van der Waals surface area contributed by atoms with Gasteiger partial charge in [0, 0.05) is 0 Å². The van der Waals surface area contributed by atoms with Crippen LogP contribution in [0.5, 0.6) is 0 Å². The van der Waals surface area contributed by atoms with E-state index in [-0.39, 0.29) is 0 Å². The lowest BCUT2D eigenvalue weighted by Crippen LogP contribution is -2.95. The van der Waals surface area contributed by atoms with Gasteiger partial charge in [-0.05, 0) is 48.5 Å². The van der Waals surface area contributed by atoms with Gasteiger partial charge in [-0.15, -0.1) is 12.6 Å². The van der Waals surface area contributed by atoms with Gasteiger partial charge >= 0.3 is 0 Å². The van der Waals surface area contributed by atoms with Crippen molar-refractivity contribution in [3.63, 3.8) is 0 Å². The minimum absolute atomic E-state index is 0.404. The van der Waals surface area contributed by atoms with Crippen LogP contribution in [0.1, 0.15) is 48.5 Å². The Balaban J connectivity index is 3.39. The number of carbonyl (C=O) groups excluding carboxylic acids is 7. The van der Waals surface area contributed by atoms with E-state index in [1.165, 1.54) is 0 Å². The second-order valence-corrected chi connectivity index (χ2v) is 11.8. The van der Waals surface area contributed by atoms with Crippen LogP contribution in [0.2, 0.25) is 0 Å². The van der Waals surface area contributed by atoms with Crippen LogP contribution in [0.25, 0.3) is 0 Å². The summed E-state index contributed by atoms with van der Waals surface area (Å²) in [6.45, 7) is 3.66. The van der Waals surface area contributed by atoms with Crippen LogP contribution in [-0.4, -0.2) is 151 Å². The van der Waals surface area contributed by atoms with Gasteiger partial charge in [0.25, 0.3) is 0 Å². The van der Waals surface area contributed by atoms with Crippen LogP contribution in [-0.2, 0) is 43.0 Å². The van der Waals surface area contributed by atoms with Crippen molar-refractivity contribution in [1.29, 1.82) is 0 Å². The molecule has 2 aliphatic heterocycles. The fourth-order valence-corrected chi connectivity index (χ4v) is 6.78. The fourth-order valence-electron chi connectivity index (χ4n) is 6.28. The molecular formula is C26H36O17S. The molecule has 0 aromatic heterocycles. The first-order chi connectivity index (χ1) is 19.7. The molecule has 2 saturated heterocycles. The number of carbonyl (C=O) groups is 7. The molecule has 0 radical (unpaired) electrons. The largest absolute Gasteiger partial charge is 0.382 e. The third-order valence-electron chi connectivity index (χ3n) is 8.81. The van der Waals surface area contributed by atoms with E-state index in [0.29, 0.717) is 48.5 Å². The van der Waals surface area contributed by atoms with Crippen molar-refractivity contribution in [3.8, 4) is 0 Å². The standard InChI is InChI=1S/C26H36O17S/c1-8(27)15(34)17-21(36,10(3)29)25(40,13(6)32)22(37,11(4)30)19(42-17)24(39)18(16(35)9(2)28)43-20(44)23(38,12(5)31)26(24,41)14(7)33/h15-20,34-41,44H,1-7H3/t15?,16?,17-,18-,19-,20+,21-,22+,23+,24+,25+,26-/m1/s1. The molecule has 2 fully saturated rings. The van der Waals surface area contributed by atoms with E-state index in [9.17, 15) is 74.4 Å². The Bertz CT molecular complexity index is 1320. The van der Waals surface area contributed by atoms with Gasteiger partial charge in [0.2, 0.25) is 0 Å². The average molecular weight is 653 g/mol. The summed E-state index contributed by atoms with van der Waals surface area (Å²) >= 11 is 3.85. The van der Waals surface area contributed by atoms with Gasteiger partial charge in [0.1, 0.15) is 36.0 Å². The van der Waals surface area contributed by atoms with Crippen LogP contribution >= 0.6 is 12.6 Å². The normalized spacial score (nSPS) is 43.8. The van der Waals surface area contributed by atoms with Gasteiger partial charge in [-0.1, -0.05) is 0 Å². The van der Waals surface area contributed by atoms with Gasteiger partial charge in [-0.2, -0.15) is 0 Å². The van der Waals surface area contributed by atoms with Crippen LogP contribution in [0.3, 0.4) is 0 Å². The number of hydrogen-bond donors (Lipinski definition) is 9. The molecule has 0 aromatic rings. The highest BCUT2D eigenvalue weighted by Crippen LogP contribution is 2.57. The van der Waals surface area contributed by atoms with Crippen LogP contribution in [0, 0.1) is 0 Å². The van der Waals surface area contributed by atoms with Crippen LogP contribution in [0.4, 0.5) is 0 Å². The van der Waals surface area contributed by atoms with E-state index in [0.717, 1.165) is 0 Å². The number of Topliss-reactive ketones (excluding diaryl/α,β-unsaturated/α-hetero) is 7. The minimum atomic E-state index is -4.26. The van der Waals surface area contributed by atoms with E-state index in [4.69, 9.17) is 9.47 Å². The summed E-state index contributed by atoms with van der Waals surface area (Å²) < 4.78 is 10.7. The maximum Gasteiger partial charge on any atom is 0.199 e. The molecule has 2 unspecified atom stereocenters. The van der Waals surface area contributed by atoms with Gasteiger partial charge < -0.3 is 50.3 Å². The zero-order valence-corrected chi connectivity index (χ0v) is 25.6. The zero-order valence-electron chi connectivity index (χ0n) is 24.7. The second kappa shape index (κ2) is 11.5. The predicted octanol–water partition coefficient (Wildman–Crippen LogP) is -5.36. The lowest BCUT2D eigenvalue weighted by atomic mass is 9.51. The summed E-state index contributed by atoms with van der Waals surface area (Å²) in [5.74, 6) is -11.5. The highest BCUT2D eigenvalue weighted by molar-refractivity contribution is 7.80. The second-order valence-electron chi connectivity index (χ2n) is 11.3. The summed E-state index contributed by atoms with van der Waals surface area (Å²) in [7, 11) is 0. The van der Waals surface area contributed by atoms with Gasteiger partial charge in [0.05, 0.1) is 0 Å². The number of rotatable bonds is 10. The van der Waals surface area contributed by atoms with E-state index >= 15 is 0 Å². The Morgan fingerprint density at radius 2 is 0.909 bits per heavy atom. The molecule has 0 bridgehead atoms. The molecule has 2 aliphatic rings. The van der Waals surface area contributed by atoms with Crippen molar-refractivity contribution in [2.24, 2.45) is 0 Å². The van der Waals surface area contributed by atoms with E-state index in [1.54, 1.807) is 0 Å². The summed E-state index contributed by atoms with van der Waals surface area (Å²) in [6, 6.07) is 0. The van der Waals surface area contributed by atoms with Gasteiger partial charge in [-0.25, -0.2) is 0 Å². The minimum Gasteiger partial charge on any atom is -0.382 e. The lowest BCUT2D eigenvalue weighted by Gasteiger charge is -2.66. The number of aliphatic hydroxyl groups is 8. The molecule has 8 N–H and O–H groups in total. The SMILES string of the molecule is CC(=O)C(O)[C@H]1O[C@@H](S)[C@@](O)(C(C)=O)[C@](O)(C(C)=O)[C@@]1(O)[C@@H]1O[C@H](C(O)C(C)=O)[C@](O)(C(C)=O)[C@@](O)(C(C)=O)[C@]1(O)C(C)=O. The third-order valence-corrected chi connectivity index (χ3v) is 9.31. The summed E-state index contributed by atoms with van der Waals surface area (Å²) in [4.78, 5) is 90.2. The maximum atomic E-state index is 13.3. The Kier molecular flexibility index (Phi) is 9.85. The van der Waals surface area contributed by atoms with E-state index in [2.05, 4.69) is 12.6 Å². The van der Waals surface area contributed by atoms with Crippen molar-refractivity contribution in [3.05, 3.63) is 0 Å². The highest BCUT2D eigenvalue weighted by Gasteiger charge is 2.88. The van der Waals surface area contributed by atoms with Crippen molar-refractivity contribution < 1.29 is 83.9 Å². The molecule has 2 heterocycles. The van der Waals surface area contributed by atoms with Crippen molar-refractivity contribution in [1.82, 2.24) is 0 Å². The third kappa shape index (κ3) is 4.28. The first kappa shape index (κ1) is 37.8. The predicted molar refractivity (Wildman–Crippen MR) is 143 cm³/mol. The van der Waals surface area contributed by atoms with Gasteiger partial charge in [0.15, 0.2) is 74.1 Å². The number of ketones is 7. The Morgan fingerprint density at radius 1 is 0.545 bits per heavy atom. The maximum absolute atomic E-state index is 13.3. The zero-order chi connectivity index (χ0) is 34.9. The monoisotopic (exact) mass is 652 g/mol. The quantitative estimate of drug-likeness (QED) is 0.0995. The molecule has 18 heteroatoms.